The Bertz CT molecular complexity index is 161. The summed E-state index contributed by atoms with van der Waals surface area (Å²) in [5.74, 6) is -0.0867. The highest BCUT2D eigenvalue weighted by Crippen LogP contribution is 1.91. The summed E-state index contributed by atoms with van der Waals surface area (Å²) < 4.78 is 0.934. The average Bonchev–Trinajstić information content (AvgIpc) is 1.96. The van der Waals surface area contributed by atoms with Gasteiger partial charge in [-0.05, 0) is 6.08 Å². The molecular weight excluding hydrogens is 166 g/mol. The van der Waals surface area contributed by atoms with Gasteiger partial charge in [0.2, 0.25) is 5.91 Å². The summed E-state index contributed by atoms with van der Waals surface area (Å²) in [5.41, 5.74) is 0. The molecule has 0 rings (SSSR count). The van der Waals surface area contributed by atoms with E-state index in [2.05, 4.69) is 33.0 Å². The topological polar surface area (TPSA) is 64.1 Å². The molecule has 0 saturated carbocycles. The monoisotopic (exact) mass is 188 g/mol. The molecular formula is C9H22N3O+. The summed E-state index contributed by atoms with van der Waals surface area (Å²) in [5, 5.41) is 2.74. The van der Waals surface area contributed by atoms with E-state index < -0.39 is 0 Å². The van der Waals surface area contributed by atoms with Gasteiger partial charge in [0.1, 0.15) is 0 Å². The van der Waals surface area contributed by atoms with Crippen molar-refractivity contribution in [2.75, 3.05) is 34.2 Å². The van der Waals surface area contributed by atoms with Crippen LogP contribution >= 0.6 is 0 Å². The van der Waals surface area contributed by atoms with E-state index in [1.807, 2.05) is 0 Å². The van der Waals surface area contributed by atoms with Crippen molar-refractivity contribution in [1.82, 2.24) is 11.5 Å². The normalized spacial score (nSPS) is 10.1. The number of rotatable bonds is 5. The van der Waals surface area contributed by atoms with Crippen LogP contribution < -0.4 is 11.5 Å². The summed E-state index contributed by atoms with van der Waals surface area (Å²) in [6.45, 7) is 5.18. The molecule has 78 valence electrons. The van der Waals surface area contributed by atoms with Crippen molar-refractivity contribution in [3.63, 3.8) is 0 Å². The fraction of sp³-hybridized carbons (Fsp3) is 0.667. The lowest BCUT2D eigenvalue weighted by Gasteiger charge is -2.23. The zero-order valence-corrected chi connectivity index (χ0v) is 8.97. The maximum Gasteiger partial charge on any atom is 0.243 e. The molecule has 0 radical (unpaired) electrons. The number of quaternary nitrogens is 1. The van der Waals surface area contributed by atoms with Crippen molar-refractivity contribution in [3.05, 3.63) is 12.7 Å². The molecule has 0 aromatic heterocycles. The molecule has 13 heavy (non-hydrogen) atoms. The van der Waals surface area contributed by atoms with Gasteiger partial charge in [-0.25, -0.2) is 0 Å². The number of nitrogens with zero attached hydrogens (tertiary/aromatic N) is 1. The van der Waals surface area contributed by atoms with Crippen LogP contribution in [0.2, 0.25) is 0 Å². The minimum Gasteiger partial charge on any atom is -0.352 e. The second-order valence-corrected chi connectivity index (χ2v) is 3.86. The van der Waals surface area contributed by atoms with Crippen LogP contribution in [0.5, 0.6) is 0 Å². The molecule has 0 aliphatic carbocycles. The maximum atomic E-state index is 10.7. The fourth-order valence-electron chi connectivity index (χ4n) is 0.837. The number of nitrogens with one attached hydrogen (secondary N) is 1. The first-order valence-electron chi connectivity index (χ1n) is 4.16. The molecule has 0 aromatic rings. The van der Waals surface area contributed by atoms with Crippen molar-refractivity contribution in [1.29, 1.82) is 0 Å². The predicted octanol–water partition coefficient (Wildman–Crippen LogP) is 0.547. The highest BCUT2D eigenvalue weighted by molar-refractivity contribution is 5.86. The van der Waals surface area contributed by atoms with Gasteiger partial charge in [-0.2, -0.15) is 0 Å². The van der Waals surface area contributed by atoms with Gasteiger partial charge in [0.05, 0.1) is 27.7 Å². The van der Waals surface area contributed by atoms with Crippen LogP contribution in [0.1, 0.15) is 6.42 Å². The molecule has 0 unspecified atom stereocenters. The molecule has 4 nitrogen and oxygen atoms in total. The average molecular weight is 188 g/mol. The van der Waals surface area contributed by atoms with Gasteiger partial charge in [-0.3, -0.25) is 4.79 Å². The Hall–Kier alpha value is -0.870. The Balaban J connectivity index is 0. The van der Waals surface area contributed by atoms with Crippen LogP contribution in [0.4, 0.5) is 0 Å². The lowest BCUT2D eigenvalue weighted by Crippen LogP contribution is -2.37. The highest BCUT2D eigenvalue weighted by atomic mass is 16.1. The summed E-state index contributed by atoms with van der Waals surface area (Å²) in [4.78, 5) is 10.7. The van der Waals surface area contributed by atoms with E-state index in [9.17, 15) is 4.79 Å². The smallest absolute Gasteiger partial charge is 0.243 e. The molecule has 0 fully saturated rings. The van der Waals surface area contributed by atoms with Crippen molar-refractivity contribution in [2.24, 2.45) is 0 Å². The standard InChI is InChI=1S/C9H18N2O.H3N/c1-5-9(12)10-7-6-8-11(2,3)4;/h5H,1,6-8H2,2-4H3;1H3/p+1. The molecule has 0 bridgehead atoms. The molecule has 4 N–H and O–H groups in total. The maximum absolute atomic E-state index is 10.7. The van der Waals surface area contributed by atoms with E-state index >= 15 is 0 Å². The third-order valence-electron chi connectivity index (χ3n) is 1.49. The lowest BCUT2D eigenvalue weighted by atomic mass is 10.3. The second-order valence-electron chi connectivity index (χ2n) is 3.86. The lowest BCUT2D eigenvalue weighted by molar-refractivity contribution is -0.870. The zero-order valence-electron chi connectivity index (χ0n) is 8.97. The summed E-state index contributed by atoms with van der Waals surface area (Å²) in [7, 11) is 6.40. The highest BCUT2D eigenvalue weighted by Gasteiger charge is 2.05. The Morgan fingerprint density at radius 2 is 2.00 bits per heavy atom. The van der Waals surface area contributed by atoms with Crippen LogP contribution in [-0.2, 0) is 4.79 Å². The SMILES string of the molecule is C=CC(=O)NCCC[N+](C)(C)C.N. The van der Waals surface area contributed by atoms with Crippen LogP contribution in [0.25, 0.3) is 0 Å². The van der Waals surface area contributed by atoms with Gasteiger partial charge in [0.15, 0.2) is 0 Å². The van der Waals surface area contributed by atoms with Gasteiger partial charge >= 0.3 is 0 Å². The summed E-state index contributed by atoms with van der Waals surface area (Å²) in [6.07, 6.45) is 2.30. The van der Waals surface area contributed by atoms with E-state index in [-0.39, 0.29) is 12.1 Å². The third-order valence-corrected chi connectivity index (χ3v) is 1.49. The number of hydrogen-bond donors (Lipinski definition) is 2. The van der Waals surface area contributed by atoms with Crippen LogP contribution in [0.15, 0.2) is 12.7 Å². The number of hydrogen-bond acceptors (Lipinski definition) is 2. The Morgan fingerprint density at radius 3 is 2.38 bits per heavy atom. The van der Waals surface area contributed by atoms with Crippen molar-refractivity contribution in [3.8, 4) is 0 Å². The molecule has 1 amide bonds. The second kappa shape index (κ2) is 6.62. The predicted molar refractivity (Wildman–Crippen MR) is 55.7 cm³/mol. The van der Waals surface area contributed by atoms with Crippen LogP contribution in [-0.4, -0.2) is 44.6 Å². The Labute approximate surface area is 80.8 Å². The van der Waals surface area contributed by atoms with E-state index in [1.165, 1.54) is 6.08 Å². The van der Waals surface area contributed by atoms with Crippen molar-refractivity contribution < 1.29 is 9.28 Å². The fourth-order valence-corrected chi connectivity index (χ4v) is 0.837. The van der Waals surface area contributed by atoms with E-state index in [4.69, 9.17) is 0 Å². The molecule has 0 aromatic carbocycles. The summed E-state index contributed by atoms with van der Waals surface area (Å²) >= 11 is 0. The minimum absolute atomic E-state index is 0. The van der Waals surface area contributed by atoms with Crippen LogP contribution in [0.3, 0.4) is 0 Å². The largest absolute Gasteiger partial charge is 0.352 e. The molecule has 0 heterocycles. The van der Waals surface area contributed by atoms with Crippen LogP contribution in [0, 0.1) is 0 Å². The first-order valence-corrected chi connectivity index (χ1v) is 4.16. The van der Waals surface area contributed by atoms with E-state index in [0.29, 0.717) is 0 Å². The zero-order chi connectivity index (χ0) is 9.61. The van der Waals surface area contributed by atoms with Gasteiger partial charge in [0, 0.05) is 13.0 Å². The van der Waals surface area contributed by atoms with Gasteiger partial charge in [-0.15, -0.1) is 0 Å². The molecule has 0 spiro atoms. The quantitative estimate of drug-likeness (QED) is 0.376. The van der Waals surface area contributed by atoms with Gasteiger partial charge < -0.3 is 16.0 Å². The van der Waals surface area contributed by atoms with Gasteiger partial charge in [0.25, 0.3) is 0 Å². The summed E-state index contributed by atoms with van der Waals surface area (Å²) in [6, 6.07) is 0. The molecule has 0 atom stereocenters. The van der Waals surface area contributed by atoms with Crippen molar-refractivity contribution >= 4 is 5.91 Å². The third kappa shape index (κ3) is 11.1. The first kappa shape index (κ1) is 14.6. The van der Waals surface area contributed by atoms with E-state index in [0.717, 1.165) is 24.0 Å². The van der Waals surface area contributed by atoms with E-state index in [1.54, 1.807) is 0 Å². The van der Waals surface area contributed by atoms with Gasteiger partial charge in [-0.1, -0.05) is 6.58 Å². The molecule has 0 aliphatic rings. The molecule has 4 heteroatoms. The minimum atomic E-state index is -0.0867. The number of carbonyl (C=O) groups excluding carboxylic acids is 1. The number of carbonyl (C=O) groups is 1. The first-order chi connectivity index (χ1) is 5.45. The Kier molecular flexibility index (Phi) is 7.46. The Morgan fingerprint density at radius 1 is 1.46 bits per heavy atom. The number of amides is 1. The molecule has 0 saturated heterocycles. The molecule has 0 aliphatic heterocycles. The van der Waals surface area contributed by atoms with Crippen molar-refractivity contribution in [2.45, 2.75) is 6.42 Å².